The fourth-order valence-electron chi connectivity index (χ4n) is 14.8. The summed E-state index contributed by atoms with van der Waals surface area (Å²) < 4.78 is 21.2. The third-order valence-corrected chi connectivity index (χ3v) is 18.9. The standard InChI is InChI=1S/C84H51BN2O3/c1-3-21-52(22-4-1)54-25-17-27-56(47-54)60-29-7-12-38-72(60)86-74-49-58(62-34-19-36-67-64-31-9-14-40-77(64)88-82(62)67)43-45-70(74)85-71-46-44-59(63-35-20-37-68-65-32-10-15-41-78(65)89-83(63)68)50-75(71)87(81-80(85)76(86)51-69-66-33-11-16-42-79(66)90-84(69)81)73-39-13-8-30-61(73)57-28-18-26-55(48-57)53-23-5-2-6-24-53/h1-51H. The highest BCUT2D eigenvalue weighted by Gasteiger charge is 2.46. The van der Waals surface area contributed by atoms with Gasteiger partial charge in [0.1, 0.15) is 27.9 Å². The van der Waals surface area contributed by atoms with Crippen LogP contribution in [0, 0.1) is 0 Å². The smallest absolute Gasteiger partial charge is 0.252 e. The predicted molar refractivity (Wildman–Crippen MR) is 375 cm³/mol. The normalized spacial score (nSPS) is 12.6. The van der Waals surface area contributed by atoms with Crippen molar-refractivity contribution >= 4 is 123 Å². The molecule has 0 amide bonds. The van der Waals surface area contributed by atoms with E-state index in [1.807, 2.05) is 12.1 Å². The van der Waals surface area contributed by atoms with E-state index < -0.39 is 0 Å². The molecule has 5 nitrogen and oxygen atoms in total. The molecular formula is C84H51BN2O3. The van der Waals surface area contributed by atoms with Crippen molar-refractivity contribution in [2.24, 2.45) is 0 Å². The van der Waals surface area contributed by atoms with Crippen molar-refractivity contribution in [1.29, 1.82) is 0 Å². The zero-order valence-electron chi connectivity index (χ0n) is 48.6. The molecule has 3 aromatic heterocycles. The van der Waals surface area contributed by atoms with Crippen molar-refractivity contribution in [2.45, 2.75) is 0 Å². The number of hydrogen-bond donors (Lipinski definition) is 0. The van der Waals surface area contributed by atoms with Gasteiger partial charge in [-0.05, 0) is 122 Å². The maximum Gasteiger partial charge on any atom is 0.252 e. The molecule has 90 heavy (non-hydrogen) atoms. The molecule has 5 heterocycles. The third kappa shape index (κ3) is 7.65. The summed E-state index contributed by atoms with van der Waals surface area (Å²) in [6.07, 6.45) is 0. The van der Waals surface area contributed by atoms with Crippen molar-refractivity contribution in [1.82, 2.24) is 0 Å². The molecule has 0 saturated carbocycles. The number of furan rings is 3. The lowest BCUT2D eigenvalue weighted by atomic mass is 9.33. The van der Waals surface area contributed by atoms with Crippen LogP contribution in [-0.2, 0) is 0 Å². The van der Waals surface area contributed by atoms with Crippen LogP contribution in [-0.4, -0.2) is 6.71 Å². The Bertz CT molecular complexity index is 5770. The Labute approximate surface area is 519 Å². The second-order valence-electron chi connectivity index (χ2n) is 23.8. The van der Waals surface area contributed by atoms with Gasteiger partial charge in [-0.2, -0.15) is 0 Å². The van der Waals surface area contributed by atoms with Crippen molar-refractivity contribution in [3.05, 3.63) is 309 Å². The fraction of sp³-hybridized carbons (Fsp3) is 0. The quantitative estimate of drug-likeness (QED) is 0.142. The SMILES string of the molecule is c1ccc(-c2cccc(-c3ccccc3N3c4cc(-c5cccc6c5oc5ccccc56)ccc4B4c5ccc(-c6cccc7c6oc6ccccc67)cc5N(c5ccccc5-c5cccc(-c6ccccc6)c5)c5c4c3cc3c5oc4ccccc43)c2)cc1. The van der Waals surface area contributed by atoms with Gasteiger partial charge in [0.05, 0.1) is 17.1 Å². The molecular weight excluding hydrogens is 1100 g/mol. The molecule has 17 aromatic rings. The van der Waals surface area contributed by atoms with Gasteiger partial charge in [-0.1, -0.05) is 249 Å². The van der Waals surface area contributed by atoms with E-state index in [4.69, 9.17) is 13.3 Å². The first-order chi connectivity index (χ1) is 44.6. The van der Waals surface area contributed by atoms with E-state index in [-0.39, 0.29) is 6.71 Å². The average Bonchev–Trinajstić information content (AvgIpc) is 1.01. The molecule has 0 saturated heterocycles. The summed E-state index contributed by atoms with van der Waals surface area (Å²) in [6.45, 7) is -0.265. The number of benzene rings is 14. The minimum atomic E-state index is -0.265. The van der Waals surface area contributed by atoms with Crippen LogP contribution in [0.4, 0.5) is 34.1 Å². The number of nitrogens with zero attached hydrogens (tertiary/aromatic N) is 2. The molecule has 0 fully saturated rings. The molecule has 418 valence electrons. The van der Waals surface area contributed by atoms with Gasteiger partial charge < -0.3 is 23.1 Å². The van der Waals surface area contributed by atoms with Crippen LogP contribution in [0.15, 0.2) is 323 Å². The first kappa shape index (κ1) is 50.3. The van der Waals surface area contributed by atoms with Crippen LogP contribution >= 0.6 is 0 Å². The van der Waals surface area contributed by atoms with E-state index in [9.17, 15) is 0 Å². The Balaban J connectivity index is 0.932. The molecule has 0 aliphatic carbocycles. The molecule has 6 heteroatoms. The summed E-state index contributed by atoms with van der Waals surface area (Å²) in [4.78, 5) is 5.10. The Morgan fingerprint density at radius 3 is 1.13 bits per heavy atom. The highest BCUT2D eigenvalue weighted by atomic mass is 16.3. The number of para-hydroxylation sites is 7. The molecule has 2 aliphatic rings. The second kappa shape index (κ2) is 19.8. The molecule has 19 rings (SSSR count). The Morgan fingerprint density at radius 1 is 0.222 bits per heavy atom. The number of rotatable bonds is 8. The molecule has 0 bridgehead atoms. The van der Waals surface area contributed by atoms with Crippen molar-refractivity contribution in [2.75, 3.05) is 9.80 Å². The monoisotopic (exact) mass is 1150 g/mol. The molecule has 2 aliphatic heterocycles. The van der Waals surface area contributed by atoms with Gasteiger partial charge in [-0.3, -0.25) is 0 Å². The summed E-state index contributed by atoms with van der Waals surface area (Å²) in [5.74, 6) is 0. The topological polar surface area (TPSA) is 45.9 Å². The van der Waals surface area contributed by atoms with Crippen LogP contribution in [0.1, 0.15) is 0 Å². The lowest BCUT2D eigenvalue weighted by Gasteiger charge is -2.45. The summed E-state index contributed by atoms with van der Waals surface area (Å²) in [7, 11) is 0. The first-order valence-corrected chi connectivity index (χ1v) is 30.8. The Morgan fingerprint density at radius 2 is 0.600 bits per heavy atom. The van der Waals surface area contributed by atoms with Gasteiger partial charge in [-0.15, -0.1) is 0 Å². The average molecular weight is 1150 g/mol. The fourth-order valence-corrected chi connectivity index (χ4v) is 14.8. The zero-order valence-corrected chi connectivity index (χ0v) is 48.6. The number of fused-ring (bicyclic) bond motifs is 14. The summed E-state index contributed by atoms with van der Waals surface area (Å²) >= 11 is 0. The second-order valence-corrected chi connectivity index (χ2v) is 23.8. The molecule has 0 atom stereocenters. The molecule has 0 unspecified atom stereocenters. The number of anilines is 6. The highest BCUT2D eigenvalue weighted by Crippen LogP contribution is 2.53. The van der Waals surface area contributed by atoms with Crippen LogP contribution < -0.4 is 26.2 Å². The van der Waals surface area contributed by atoms with Crippen LogP contribution in [0.2, 0.25) is 0 Å². The summed E-state index contributed by atoms with van der Waals surface area (Å²) in [5, 5.41) is 6.44. The van der Waals surface area contributed by atoms with Gasteiger partial charge in [-0.25, -0.2) is 0 Å². The van der Waals surface area contributed by atoms with E-state index in [0.717, 1.165) is 167 Å². The van der Waals surface area contributed by atoms with Crippen molar-refractivity contribution in [3.8, 4) is 66.8 Å². The van der Waals surface area contributed by atoms with E-state index >= 15 is 0 Å². The van der Waals surface area contributed by atoms with Gasteiger partial charge >= 0.3 is 0 Å². The van der Waals surface area contributed by atoms with Crippen LogP contribution in [0.5, 0.6) is 0 Å². The molecule has 0 radical (unpaired) electrons. The minimum absolute atomic E-state index is 0.265. The number of hydrogen-bond acceptors (Lipinski definition) is 5. The van der Waals surface area contributed by atoms with Gasteiger partial charge in [0, 0.05) is 71.6 Å². The van der Waals surface area contributed by atoms with Gasteiger partial charge in [0.2, 0.25) is 0 Å². The molecule has 0 spiro atoms. The molecule has 14 aromatic carbocycles. The van der Waals surface area contributed by atoms with Crippen LogP contribution in [0.25, 0.3) is 133 Å². The lowest BCUT2D eigenvalue weighted by Crippen LogP contribution is -2.61. The van der Waals surface area contributed by atoms with Crippen molar-refractivity contribution in [3.63, 3.8) is 0 Å². The van der Waals surface area contributed by atoms with Gasteiger partial charge in [0.15, 0.2) is 5.58 Å². The third-order valence-electron chi connectivity index (χ3n) is 18.9. The Hall–Kier alpha value is -11.9. The maximum absolute atomic E-state index is 7.45. The van der Waals surface area contributed by atoms with E-state index in [1.54, 1.807) is 0 Å². The zero-order chi connectivity index (χ0) is 59.0. The lowest BCUT2D eigenvalue weighted by molar-refractivity contribution is 0.669. The highest BCUT2D eigenvalue weighted by molar-refractivity contribution is 7.00. The molecule has 0 N–H and O–H groups in total. The van der Waals surface area contributed by atoms with E-state index in [0.29, 0.717) is 0 Å². The minimum Gasteiger partial charge on any atom is -0.455 e. The van der Waals surface area contributed by atoms with E-state index in [1.165, 1.54) is 16.5 Å². The van der Waals surface area contributed by atoms with E-state index in [2.05, 4.69) is 307 Å². The maximum atomic E-state index is 7.45. The van der Waals surface area contributed by atoms with Crippen molar-refractivity contribution < 1.29 is 13.3 Å². The van der Waals surface area contributed by atoms with Gasteiger partial charge in [0.25, 0.3) is 6.71 Å². The summed E-state index contributed by atoms with van der Waals surface area (Å²) in [5.41, 5.74) is 28.1. The first-order valence-electron chi connectivity index (χ1n) is 30.8. The van der Waals surface area contributed by atoms with Crippen LogP contribution in [0.3, 0.4) is 0 Å². The summed E-state index contributed by atoms with van der Waals surface area (Å²) in [6, 6.07) is 112. The predicted octanol–water partition coefficient (Wildman–Crippen LogP) is 21.5. The Kier molecular flexibility index (Phi) is 11.1. The largest absolute Gasteiger partial charge is 0.455 e.